The van der Waals surface area contributed by atoms with Crippen molar-refractivity contribution in [2.24, 2.45) is 5.92 Å². The van der Waals surface area contributed by atoms with Gasteiger partial charge < -0.3 is 10.2 Å². The van der Waals surface area contributed by atoms with E-state index in [0.717, 1.165) is 44.5 Å². The fourth-order valence-corrected chi connectivity index (χ4v) is 3.53. The zero-order chi connectivity index (χ0) is 14.1. The second kappa shape index (κ2) is 6.80. The SMILES string of the molecule is Cc1ccc2c(c1)CCCN2C(=O)[C@H]1CCN[C@@H](C)C1.Cl. The molecular formula is C17H25ClN2O. The van der Waals surface area contributed by atoms with Crippen molar-refractivity contribution in [1.82, 2.24) is 5.32 Å². The van der Waals surface area contributed by atoms with Crippen LogP contribution in [-0.4, -0.2) is 25.0 Å². The van der Waals surface area contributed by atoms with E-state index in [-0.39, 0.29) is 18.3 Å². The molecule has 1 saturated heterocycles. The summed E-state index contributed by atoms with van der Waals surface area (Å²) in [6.07, 6.45) is 4.13. The summed E-state index contributed by atoms with van der Waals surface area (Å²) >= 11 is 0. The van der Waals surface area contributed by atoms with Gasteiger partial charge >= 0.3 is 0 Å². The zero-order valence-corrected chi connectivity index (χ0v) is 13.7. The number of halogens is 1. The highest BCUT2D eigenvalue weighted by atomic mass is 35.5. The number of hydrogen-bond acceptors (Lipinski definition) is 2. The lowest BCUT2D eigenvalue weighted by molar-refractivity contribution is -0.123. The summed E-state index contributed by atoms with van der Waals surface area (Å²) in [5, 5.41) is 3.43. The van der Waals surface area contributed by atoms with Gasteiger partial charge in [-0.2, -0.15) is 0 Å². The van der Waals surface area contributed by atoms with Crippen LogP contribution in [0.25, 0.3) is 0 Å². The average Bonchev–Trinajstić information content (AvgIpc) is 2.45. The second-order valence-corrected chi connectivity index (χ2v) is 6.30. The molecule has 1 aromatic rings. The van der Waals surface area contributed by atoms with Gasteiger partial charge in [-0.3, -0.25) is 4.79 Å². The summed E-state index contributed by atoms with van der Waals surface area (Å²) in [5.41, 5.74) is 3.78. The van der Waals surface area contributed by atoms with Gasteiger partial charge in [-0.05, 0) is 57.7 Å². The monoisotopic (exact) mass is 308 g/mol. The maximum atomic E-state index is 12.8. The van der Waals surface area contributed by atoms with E-state index in [1.165, 1.54) is 11.1 Å². The van der Waals surface area contributed by atoms with E-state index in [1.54, 1.807) is 0 Å². The lowest BCUT2D eigenvalue weighted by Gasteiger charge is -2.35. The molecule has 2 aliphatic heterocycles. The number of carbonyl (C=O) groups excluding carboxylic acids is 1. The van der Waals surface area contributed by atoms with Crippen LogP contribution in [0.3, 0.4) is 0 Å². The first kappa shape index (κ1) is 16.3. The molecule has 21 heavy (non-hydrogen) atoms. The third-order valence-corrected chi connectivity index (χ3v) is 4.59. The molecule has 0 aromatic heterocycles. The molecular weight excluding hydrogens is 284 g/mol. The number of benzene rings is 1. The Kier molecular flexibility index (Phi) is 5.28. The Labute approximate surface area is 133 Å². The van der Waals surface area contributed by atoms with Crippen molar-refractivity contribution in [2.45, 2.75) is 45.6 Å². The van der Waals surface area contributed by atoms with Gasteiger partial charge in [0.15, 0.2) is 0 Å². The number of rotatable bonds is 1. The minimum atomic E-state index is 0. The Morgan fingerprint density at radius 3 is 2.95 bits per heavy atom. The topological polar surface area (TPSA) is 32.3 Å². The Hall–Kier alpha value is -1.06. The molecule has 1 fully saturated rings. The molecule has 1 aromatic carbocycles. The second-order valence-electron chi connectivity index (χ2n) is 6.30. The Balaban J connectivity index is 0.00000161. The molecule has 4 heteroatoms. The van der Waals surface area contributed by atoms with Crippen LogP contribution in [0.15, 0.2) is 18.2 Å². The van der Waals surface area contributed by atoms with Crippen molar-refractivity contribution in [2.75, 3.05) is 18.0 Å². The fourth-order valence-electron chi connectivity index (χ4n) is 3.53. The van der Waals surface area contributed by atoms with Crippen molar-refractivity contribution in [3.8, 4) is 0 Å². The molecule has 0 spiro atoms. The number of nitrogens with zero attached hydrogens (tertiary/aromatic N) is 1. The van der Waals surface area contributed by atoms with E-state index in [4.69, 9.17) is 0 Å². The highest BCUT2D eigenvalue weighted by Crippen LogP contribution is 2.31. The fraction of sp³-hybridized carbons (Fsp3) is 0.588. The maximum Gasteiger partial charge on any atom is 0.230 e. The first-order chi connectivity index (χ1) is 9.65. The summed E-state index contributed by atoms with van der Waals surface area (Å²) in [6, 6.07) is 6.95. The van der Waals surface area contributed by atoms with E-state index in [1.807, 2.05) is 4.90 Å². The number of carbonyl (C=O) groups is 1. The first-order valence-corrected chi connectivity index (χ1v) is 7.79. The standard InChI is InChI=1S/C17H24N2O.ClH/c1-12-5-6-16-14(10-12)4-3-9-19(16)17(20)15-7-8-18-13(2)11-15;/h5-6,10,13,15,18H,3-4,7-9,11H2,1-2H3;1H/t13-,15-;/m0./s1. The van der Waals surface area contributed by atoms with Gasteiger partial charge in [0, 0.05) is 24.2 Å². The number of hydrogen-bond donors (Lipinski definition) is 1. The van der Waals surface area contributed by atoms with E-state index in [0.29, 0.717) is 11.9 Å². The van der Waals surface area contributed by atoms with E-state index >= 15 is 0 Å². The largest absolute Gasteiger partial charge is 0.314 e. The average molecular weight is 309 g/mol. The third-order valence-electron chi connectivity index (χ3n) is 4.59. The molecule has 2 heterocycles. The first-order valence-electron chi connectivity index (χ1n) is 7.79. The molecule has 0 saturated carbocycles. The predicted octanol–water partition coefficient (Wildman–Crippen LogP) is 3.08. The maximum absolute atomic E-state index is 12.8. The van der Waals surface area contributed by atoms with Gasteiger partial charge in [0.25, 0.3) is 0 Å². The van der Waals surface area contributed by atoms with E-state index in [2.05, 4.69) is 37.4 Å². The Morgan fingerprint density at radius 2 is 2.19 bits per heavy atom. The van der Waals surface area contributed by atoms with Crippen molar-refractivity contribution in [3.63, 3.8) is 0 Å². The summed E-state index contributed by atoms with van der Waals surface area (Å²) in [4.78, 5) is 14.9. The molecule has 3 nitrogen and oxygen atoms in total. The summed E-state index contributed by atoms with van der Waals surface area (Å²) < 4.78 is 0. The minimum Gasteiger partial charge on any atom is -0.314 e. The molecule has 0 radical (unpaired) electrons. The van der Waals surface area contributed by atoms with Gasteiger partial charge in [0.05, 0.1) is 0 Å². The summed E-state index contributed by atoms with van der Waals surface area (Å²) in [5.74, 6) is 0.529. The molecule has 0 bridgehead atoms. The normalized spacial score (nSPS) is 25.0. The molecule has 0 unspecified atom stereocenters. The molecule has 2 aliphatic rings. The minimum absolute atomic E-state index is 0. The van der Waals surface area contributed by atoms with Crippen LogP contribution in [0.1, 0.15) is 37.3 Å². The van der Waals surface area contributed by atoms with Crippen molar-refractivity contribution < 1.29 is 4.79 Å². The highest BCUT2D eigenvalue weighted by molar-refractivity contribution is 5.96. The number of nitrogens with one attached hydrogen (secondary N) is 1. The van der Waals surface area contributed by atoms with Gasteiger partial charge in [0.2, 0.25) is 5.91 Å². The molecule has 2 atom stereocenters. The van der Waals surface area contributed by atoms with Crippen LogP contribution in [0.2, 0.25) is 0 Å². The number of piperidine rings is 1. The van der Waals surface area contributed by atoms with Crippen LogP contribution in [0.4, 0.5) is 5.69 Å². The van der Waals surface area contributed by atoms with Crippen molar-refractivity contribution in [1.29, 1.82) is 0 Å². The zero-order valence-electron chi connectivity index (χ0n) is 12.9. The van der Waals surface area contributed by atoms with Gasteiger partial charge in [-0.1, -0.05) is 17.7 Å². The third kappa shape index (κ3) is 3.41. The van der Waals surface area contributed by atoms with Gasteiger partial charge in [-0.25, -0.2) is 0 Å². The smallest absolute Gasteiger partial charge is 0.230 e. The van der Waals surface area contributed by atoms with Gasteiger partial charge in [-0.15, -0.1) is 12.4 Å². The molecule has 3 rings (SSSR count). The van der Waals surface area contributed by atoms with Gasteiger partial charge in [0.1, 0.15) is 0 Å². The van der Waals surface area contributed by atoms with Crippen LogP contribution < -0.4 is 10.2 Å². The Morgan fingerprint density at radius 1 is 1.38 bits per heavy atom. The van der Waals surface area contributed by atoms with Crippen LogP contribution in [0.5, 0.6) is 0 Å². The van der Waals surface area contributed by atoms with Crippen LogP contribution >= 0.6 is 12.4 Å². The van der Waals surface area contributed by atoms with Crippen molar-refractivity contribution in [3.05, 3.63) is 29.3 Å². The quantitative estimate of drug-likeness (QED) is 0.864. The van der Waals surface area contributed by atoms with Crippen LogP contribution in [-0.2, 0) is 11.2 Å². The predicted molar refractivity (Wildman–Crippen MR) is 89.3 cm³/mol. The van der Waals surface area contributed by atoms with Crippen molar-refractivity contribution >= 4 is 24.0 Å². The van der Waals surface area contributed by atoms with Crippen LogP contribution in [0, 0.1) is 12.8 Å². The molecule has 1 N–H and O–H groups in total. The number of aryl methyl sites for hydroxylation is 2. The molecule has 0 aliphatic carbocycles. The lowest BCUT2D eigenvalue weighted by Crippen LogP contribution is -2.45. The van der Waals surface area contributed by atoms with E-state index < -0.39 is 0 Å². The molecule has 116 valence electrons. The Bertz CT molecular complexity index is 518. The summed E-state index contributed by atoms with van der Waals surface area (Å²) in [7, 11) is 0. The number of anilines is 1. The molecule has 1 amide bonds. The number of amides is 1. The summed E-state index contributed by atoms with van der Waals surface area (Å²) in [6.45, 7) is 6.14. The highest BCUT2D eigenvalue weighted by Gasteiger charge is 2.31. The lowest BCUT2D eigenvalue weighted by atomic mass is 9.90. The van der Waals surface area contributed by atoms with E-state index in [9.17, 15) is 4.79 Å². The number of fused-ring (bicyclic) bond motifs is 1.